The minimum Gasteiger partial charge on any atom is -0.315 e. The number of hydrogen-bond acceptors (Lipinski definition) is 2. The summed E-state index contributed by atoms with van der Waals surface area (Å²) in [7, 11) is 0. The molecule has 4 saturated carbocycles. The first kappa shape index (κ1) is 14.8. The fraction of sp³-hybridized carbons (Fsp3) is 1.00. The highest BCUT2D eigenvalue weighted by Crippen LogP contribution is 2.61. The van der Waals surface area contributed by atoms with E-state index < -0.39 is 0 Å². The summed E-state index contributed by atoms with van der Waals surface area (Å²) in [6.45, 7) is 10.5. The maximum atomic E-state index is 3.72. The van der Waals surface area contributed by atoms with E-state index in [9.17, 15) is 0 Å². The summed E-state index contributed by atoms with van der Waals surface area (Å²) >= 11 is 0. The second kappa shape index (κ2) is 6.36. The van der Waals surface area contributed by atoms with Gasteiger partial charge in [0.25, 0.3) is 0 Å². The zero-order chi connectivity index (χ0) is 14.0. The van der Waals surface area contributed by atoms with E-state index in [1.54, 1.807) is 38.5 Å². The number of likely N-dealkylation sites (N-methyl/N-ethyl adjacent to an activating group) is 1. The Bertz CT molecular complexity index is 273. The lowest BCUT2D eigenvalue weighted by molar-refractivity contribution is -0.0567. The molecule has 4 fully saturated rings. The number of hydrogen-bond donors (Lipinski definition) is 1. The molecule has 4 aliphatic carbocycles. The summed E-state index contributed by atoms with van der Waals surface area (Å²) < 4.78 is 0. The van der Waals surface area contributed by atoms with Crippen LogP contribution in [0.15, 0.2) is 0 Å². The van der Waals surface area contributed by atoms with Crippen LogP contribution < -0.4 is 5.32 Å². The molecule has 0 saturated heterocycles. The average molecular weight is 278 g/mol. The Hall–Kier alpha value is -0.0800. The first-order valence-corrected chi connectivity index (χ1v) is 9.16. The summed E-state index contributed by atoms with van der Waals surface area (Å²) in [6, 6.07) is 0. The highest BCUT2D eigenvalue weighted by Gasteiger charge is 2.50. The van der Waals surface area contributed by atoms with Crippen molar-refractivity contribution >= 4 is 0 Å². The lowest BCUT2D eigenvalue weighted by Crippen LogP contribution is -2.47. The molecule has 4 bridgehead atoms. The molecule has 0 radical (unpaired) electrons. The monoisotopic (exact) mass is 278 g/mol. The molecular weight excluding hydrogens is 244 g/mol. The molecule has 0 amide bonds. The van der Waals surface area contributed by atoms with Crippen molar-refractivity contribution < 1.29 is 0 Å². The number of nitrogens with one attached hydrogen (secondary N) is 1. The van der Waals surface area contributed by atoms with Crippen molar-refractivity contribution in [2.45, 2.75) is 58.8 Å². The second-order valence-electron chi connectivity index (χ2n) is 7.94. The van der Waals surface area contributed by atoms with Crippen LogP contribution in [0, 0.1) is 23.2 Å². The van der Waals surface area contributed by atoms with Gasteiger partial charge >= 0.3 is 0 Å². The highest BCUT2D eigenvalue weighted by atomic mass is 15.1. The Balaban J connectivity index is 1.38. The van der Waals surface area contributed by atoms with Gasteiger partial charge in [0.05, 0.1) is 0 Å². The zero-order valence-electron chi connectivity index (χ0n) is 13.7. The van der Waals surface area contributed by atoms with E-state index in [2.05, 4.69) is 24.1 Å². The second-order valence-corrected chi connectivity index (χ2v) is 7.94. The number of nitrogens with zero attached hydrogens (tertiary/aromatic N) is 1. The normalized spacial score (nSPS) is 38.9. The van der Waals surface area contributed by atoms with Crippen molar-refractivity contribution in [2.75, 3.05) is 32.7 Å². The highest BCUT2D eigenvalue weighted by molar-refractivity contribution is 5.01. The predicted octanol–water partition coefficient (Wildman–Crippen LogP) is 3.52. The van der Waals surface area contributed by atoms with Crippen LogP contribution in [0.4, 0.5) is 0 Å². The van der Waals surface area contributed by atoms with Gasteiger partial charge in [-0.05, 0) is 87.7 Å². The van der Waals surface area contributed by atoms with Gasteiger partial charge in [-0.15, -0.1) is 0 Å². The Kier molecular flexibility index (Phi) is 4.72. The average Bonchev–Trinajstić information content (AvgIpc) is 2.41. The summed E-state index contributed by atoms with van der Waals surface area (Å²) in [5.74, 6) is 3.32. The first-order chi connectivity index (χ1) is 9.73. The fourth-order valence-corrected chi connectivity index (χ4v) is 5.85. The van der Waals surface area contributed by atoms with Gasteiger partial charge in [0.1, 0.15) is 0 Å². The summed E-state index contributed by atoms with van der Waals surface area (Å²) in [5.41, 5.74) is 0.761. The van der Waals surface area contributed by atoms with Crippen molar-refractivity contribution in [3.63, 3.8) is 0 Å². The zero-order valence-corrected chi connectivity index (χ0v) is 13.7. The van der Waals surface area contributed by atoms with E-state index in [-0.39, 0.29) is 0 Å². The molecule has 116 valence electrons. The predicted molar refractivity (Wildman–Crippen MR) is 85.9 cm³/mol. The van der Waals surface area contributed by atoms with Gasteiger partial charge in [-0.2, -0.15) is 0 Å². The van der Waals surface area contributed by atoms with Crippen molar-refractivity contribution in [3.8, 4) is 0 Å². The molecule has 0 heterocycles. The molecule has 0 atom stereocenters. The van der Waals surface area contributed by atoms with Crippen LogP contribution in [0.25, 0.3) is 0 Å². The molecule has 0 unspecified atom stereocenters. The van der Waals surface area contributed by atoms with Crippen molar-refractivity contribution in [1.29, 1.82) is 0 Å². The van der Waals surface area contributed by atoms with Crippen LogP contribution in [-0.4, -0.2) is 37.6 Å². The van der Waals surface area contributed by atoms with E-state index in [0.29, 0.717) is 0 Å². The summed E-state index contributed by atoms with van der Waals surface area (Å²) in [5, 5.41) is 3.72. The van der Waals surface area contributed by atoms with Crippen LogP contribution in [0.2, 0.25) is 0 Å². The SMILES string of the molecule is CCN(CC)CCNCCC12CC3CC(CC(C3)C1)C2. The van der Waals surface area contributed by atoms with E-state index in [1.807, 2.05) is 0 Å². The van der Waals surface area contributed by atoms with Gasteiger partial charge < -0.3 is 10.2 Å². The van der Waals surface area contributed by atoms with Crippen molar-refractivity contribution in [2.24, 2.45) is 23.2 Å². The molecule has 0 aromatic heterocycles. The van der Waals surface area contributed by atoms with E-state index in [4.69, 9.17) is 0 Å². The van der Waals surface area contributed by atoms with Crippen molar-refractivity contribution in [3.05, 3.63) is 0 Å². The molecule has 2 heteroatoms. The minimum absolute atomic E-state index is 0.761. The van der Waals surface area contributed by atoms with Crippen LogP contribution in [0.3, 0.4) is 0 Å². The molecule has 2 nitrogen and oxygen atoms in total. The largest absolute Gasteiger partial charge is 0.315 e. The Morgan fingerprint density at radius 3 is 1.95 bits per heavy atom. The third kappa shape index (κ3) is 3.22. The third-order valence-corrected chi connectivity index (χ3v) is 6.50. The molecule has 0 aromatic rings. The molecule has 0 aromatic carbocycles. The molecular formula is C18H34N2. The topological polar surface area (TPSA) is 15.3 Å². The maximum Gasteiger partial charge on any atom is 0.0107 e. The standard InChI is InChI=1S/C18H34N2/c1-3-20(4-2)8-7-19-6-5-18-12-15-9-16(13-18)11-17(10-15)14-18/h15-17,19H,3-14H2,1-2H3. The van der Waals surface area contributed by atoms with Crippen LogP contribution >= 0.6 is 0 Å². The Labute approximate surface area is 125 Å². The van der Waals surface area contributed by atoms with E-state index in [1.165, 1.54) is 39.1 Å². The summed E-state index contributed by atoms with van der Waals surface area (Å²) in [6.07, 6.45) is 10.9. The summed E-state index contributed by atoms with van der Waals surface area (Å²) in [4.78, 5) is 2.51. The molecule has 4 rings (SSSR count). The Morgan fingerprint density at radius 1 is 0.900 bits per heavy atom. The molecule has 0 aliphatic heterocycles. The molecule has 1 N–H and O–H groups in total. The third-order valence-electron chi connectivity index (χ3n) is 6.50. The minimum atomic E-state index is 0.761. The van der Waals surface area contributed by atoms with Gasteiger partial charge in [0, 0.05) is 13.1 Å². The lowest BCUT2D eigenvalue weighted by atomic mass is 9.49. The molecule has 0 spiro atoms. The van der Waals surface area contributed by atoms with Crippen LogP contribution in [-0.2, 0) is 0 Å². The van der Waals surface area contributed by atoms with Gasteiger partial charge in [0.2, 0.25) is 0 Å². The quantitative estimate of drug-likeness (QED) is 0.683. The van der Waals surface area contributed by atoms with E-state index >= 15 is 0 Å². The molecule has 20 heavy (non-hydrogen) atoms. The fourth-order valence-electron chi connectivity index (χ4n) is 5.85. The van der Waals surface area contributed by atoms with Crippen LogP contribution in [0.5, 0.6) is 0 Å². The van der Waals surface area contributed by atoms with E-state index in [0.717, 1.165) is 23.2 Å². The van der Waals surface area contributed by atoms with Crippen LogP contribution in [0.1, 0.15) is 58.8 Å². The van der Waals surface area contributed by atoms with Gasteiger partial charge in [-0.1, -0.05) is 13.8 Å². The lowest BCUT2D eigenvalue weighted by Gasteiger charge is -2.57. The van der Waals surface area contributed by atoms with Gasteiger partial charge in [-0.25, -0.2) is 0 Å². The van der Waals surface area contributed by atoms with Gasteiger partial charge in [0.15, 0.2) is 0 Å². The maximum absolute atomic E-state index is 3.72. The smallest absolute Gasteiger partial charge is 0.0107 e. The molecule has 4 aliphatic rings. The van der Waals surface area contributed by atoms with Gasteiger partial charge in [-0.3, -0.25) is 0 Å². The van der Waals surface area contributed by atoms with Crippen molar-refractivity contribution in [1.82, 2.24) is 10.2 Å². The first-order valence-electron chi connectivity index (χ1n) is 9.16. The Morgan fingerprint density at radius 2 is 1.45 bits per heavy atom. The number of rotatable bonds is 8.